The van der Waals surface area contributed by atoms with Gasteiger partial charge in [-0.1, -0.05) is 11.4 Å². The zero-order valence-electron chi connectivity index (χ0n) is 6.15. The fourth-order valence-electron chi connectivity index (χ4n) is 1.14. The molecule has 0 radical (unpaired) electrons. The molecule has 0 aliphatic carbocycles. The van der Waals surface area contributed by atoms with Crippen LogP contribution >= 0.6 is 0 Å². The van der Waals surface area contributed by atoms with E-state index in [9.17, 15) is 14.9 Å². The number of carbonyl (C=O) groups excluding carboxylic acids is 1. The monoisotopic (exact) mass is 158 g/mol. The topological polar surface area (TPSA) is 63.5 Å². The maximum absolute atomic E-state index is 10.9. The minimum Gasteiger partial charge on any atom is -0.269 e. The minimum atomic E-state index is -0.617. The summed E-state index contributed by atoms with van der Waals surface area (Å²) in [6.45, 7) is 0.270. The van der Waals surface area contributed by atoms with Crippen molar-refractivity contribution in [1.82, 2.24) is 5.01 Å². The minimum absolute atomic E-state index is 0.270. The average Bonchev–Trinajstić information content (AvgIpc) is 2.13. The van der Waals surface area contributed by atoms with Crippen LogP contribution in [0.5, 0.6) is 0 Å². The van der Waals surface area contributed by atoms with Crippen LogP contribution < -0.4 is 0 Å². The largest absolute Gasteiger partial charge is 0.283 e. The Kier molecular flexibility index (Phi) is 2.40. The van der Waals surface area contributed by atoms with E-state index in [0.29, 0.717) is 11.4 Å². The van der Waals surface area contributed by atoms with Gasteiger partial charge in [0.1, 0.15) is 0 Å². The second kappa shape index (κ2) is 3.32. The number of hydrazine groups is 1. The number of rotatable bonds is 1. The molecule has 11 heavy (non-hydrogen) atoms. The number of nitrogens with zero attached hydrogens (tertiary/aromatic N) is 2. The molecule has 0 atom stereocenters. The van der Waals surface area contributed by atoms with Gasteiger partial charge in [0.25, 0.3) is 5.91 Å². The van der Waals surface area contributed by atoms with Crippen molar-refractivity contribution in [3.63, 3.8) is 0 Å². The van der Waals surface area contributed by atoms with Gasteiger partial charge in [-0.3, -0.25) is 4.79 Å². The van der Waals surface area contributed by atoms with Crippen LogP contribution in [0.15, 0.2) is 0 Å². The van der Waals surface area contributed by atoms with Crippen LogP contribution in [-0.4, -0.2) is 22.5 Å². The predicted molar refractivity (Wildman–Crippen MR) is 37.2 cm³/mol. The van der Waals surface area contributed by atoms with Gasteiger partial charge < -0.3 is 0 Å². The molecule has 1 heterocycles. The maximum atomic E-state index is 10.9. The van der Waals surface area contributed by atoms with Crippen LogP contribution in [0.3, 0.4) is 0 Å². The van der Waals surface area contributed by atoms with E-state index < -0.39 is 5.03 Å². The van der Waals surface area contributed by atoms with Gasteiger partial charge in [-0.25, -0.2) is 10.1 Å². The molecule has 1 aliphatic heterocycles. The number of carbonyl (C=O) groups is 1. The Morgan fingerprint density at radius 2 is 2.09 bits per heavy atom. The van der Waals surface area contributed by atoms with E-state index in [0.717, 1.165) is 19.3 Å². The molecular formula is C6H10N2O3. The summed E-state index contributed by atoms with van der Waals surface area (Å²) in [7, 11) is 0. The van der Waals surface area contributed by atoms with Crippen molar-refractivity contribution in [2.24, 2.45) is 0 Å². The smallest absolute Gasteiger partial charge is 0.269 e. The summed E-state index contributed by atoms with van der Waals surface area (Å²) in [5, 5.41) is 10.3. The standard InChI is InChI=1S/C6H10N2O3/c9-6-4-2-1-3-5-7(6)8(10)11/h1-5H2. The van der Waals surface area contributed by atoms with Gasteiger partial charge in [0.2, 0.25) is 0 Å². The first-order valence-corrected chi connectivity index (χ1v) is 3.66. The van der Waals surface area contributed by atoms with Gasteiger partial charge >= 0.3 is 0 Å². The SMILES string of the molecule is O=C1CCCCCN1[N+](=O)[O-]. The van der Waals surface area contributed by atoms with Gasteiger partial charge in [0.05, 0.1) is 6.54 Å². The number of nitro groups is 1. The molecule has 1 amide bonds. The molecule has 1 aliphatic rings. The molecule has 62 valence electrons. The molecule has 0 unspecified atom stereocenters. The molecule has 5 nitrogen and oxygen atoms in total. The quantitative estimate of drug-likeness (QED) is 0.414. The molecule has 1 fully saturated rings. The third-order valence-corrected chi connectivity index (χ3v) is 1.75. The van der Waals surface area contributed by atoms with E-state index in [1.807, 2.05) is 0 Å². The van der Waals surface area contributed by atoms with Crippen LogP contribution in [0.25, 0.3) is 0 Å². The summed E-state index contributed by atoms with van der Waals surface area (Å²) in [4.78, 5) is 21.2. The number of hydrogen-bond acceptors (Lipinski definition) is 3. The van der Waals surface area contributed by atoms with Crippen molar-refractivity contribution in [2.75, 3.05) is 6.54 Å². The Balaban J connectivity index is 2.59. The lowest BCUT2D eigenvalue weighted by Gasteiger charge is -2.07. The summed E-state index contributed by atoms with van der Waals surface area (Å²) in [5.74, 6) is -0.354. The average molecular weight is 158 g/mol. The molecular weight excluding hydrogens is 148 g/mol. The first-order chi connectivity index (χ1) is 5.22. The van der Waals surface area contributed by atoms with E-state index in [1.54, 1.807) is 0 Å². The summed E-state index contributed by atoms with van der Waals surface area (Å²) in [5.41, 5.74) is 0. The van der Waals surface area contributed by atoms with Gasteiger partial charge in [0, 0.05) is 6.42 Å². The van der Waals surface area contributed by atoms with Crippen molar-refractivity contribution in [3.8, 4) is 0 Å². The Morgan fingerprint density at radius 1 is 1.36 bits per heavy atom. The van der Waals surface area contributed by atoms with Crippen LogP contribution in [0, 0.1) is 10.1 Å². The number of amides is 1. The Labute approximate surface area is 64.1 Å². The van der Waals surface area contributed by atoms with Gasteiger partial charge in [-0.15, -0.1) is 0 Å². The fraction of sp³-hybridized carbons (Fsp3) is 0.833. The van der Waals surface area contributed by atoms with Gasteiger partial charge in [0.15, 0.2) is 5.03 Å². The highest BCUT2D eigenvalue weighted by molar-refractivity contribution is 5.75. The van der Waals surface area contributed by atoms with Crippen LogP contribution in [-0.2, 0) is 4.79 Å². The molecule has 0 aromatic carbocycles. The second-order valence-electron chi connectivity index (χ2n) is 2.57. The molecule has 0 spiro atoms. The summed E-state index contributed by atoms with van der Waals surface area (Å²) < 4.78 is 0. The molecule has 0 N–H and O–H groups in total. The Hall–Kier alpha value is -1.13. The molecule has 0 aromatic rings. The van der Waals surface area contributed by atoms with E-state index in [-0.39, 0.29) is 12.5 Å². The van der Waals surface area contributed by atoms with E-state index in [1.165, 1.54) is 0 Å². The lowest BCUT2D eigenvalue weighted by Crippen LogP contribution is -2.35. The molecule has 0 bridgehead atoms. The first kappa shape index (κ1) is 7.97. The Morgan fingerprint density at radius 3 is 2.73 bits per heavy atom. The van der Waals surface area contributed by atoms with Crippen molar-refractivity contribution in [1.29, 1.82) is 0 Å². The van der Waals surface area contributed by atoms with Gasteiger partial charge in [-0.05, 0) is 12.8 Å². The molecule has 0 saturated carbocycles. The molecule has 1 saturated heterocycles. The normalized spacial score (nSPS) is 19.6. The maximum Gasteiger partial charge on any atom is 0.283 e. The van der Waals surface area contributed by atoms with Crippen LogP contribution in [0.4, 0.5) is 0 Å². The van der Waals surface area contributed by atoms with Crippen LogP contribution in [0.2, 0.25) is 0 Å². The van der Waals surface area contributed by atoms with Gasteiger partial charge in [-0.2, -0.15) is 0 Å². The second-order valence-corrected chi connectivity index (χ2v) is 2.57. The van der Waals surface area contributed by atoms with Crippen molar-refractivity contribution in [2.45, 2.75) is 25.7 Å². The highest BCUT2D eigenvalue weighted by Gasteiger charge is 2.24. The third-order valence-electron chi connectivity index (χ3n) is 1.75. The first-order valence-electron chi connectivity index (χ1n) is 3.66. The van der Waals surface area contributed by atoms with Crippen molar-refractivity contribution in [3.05, 3.63) is 10.1 Å². The third kappa shape index (κ3) is 1.89. The Bertz CT molecular complexity index is 181. The molecule has 0 aromatic heterocycles. The van der Waals surface area contributed by atoms with E-state index in [2.05, 4.69) is 0 Å². The molecule has 1 rings (SSSR count). The highest BCUT2D eigenvalue weighted by atomic mass is 16.7. The summed E-state index contributed by atoms with van der Waals surface area (Å²) in [6.07, 6.45) is 2.76. The zero-order chi connectivity index (χ0) is 8.27. The van der Waals surface area contributed by atoms with Crippen LogP contribution in [0.1, 0.15) is 25.7 Å². The number of hydrogen-bond donors (Lipinski definition) is 0. The van der Waals surface area contributed by atoms with E-state index in [4.69, 9.17) is 0 Å². The van der Waals surface area contributed by atoms with Crippen molar-refractivity contribution < 1.29 is 9.83 Å². The zero-order valence-corrected chi connectivity index (χ0v) is 6.15. The lowest BCUT2D eigenvalue weighted by molar-refractivity contribution is -0.634. The molecule has 5 heteroatoms. The fourth-order valence-corrected chi connectivity index (χ4v) is 1.14. The lowest BCUT2D eigenvalue weighted by atomic mass is 10.2. The van der Waals surface area contributed by atoms with Crippen molar-refractivity contribution >= 4 is 5.91 Å². The predicted octanol–water partition coefficient (Wildman–Crippen LogP) is 0.581. The summed E-state index contributed by atoms with van der Waals surface area (Å²) in [6, 6.07) is 0. The van der Waals surface area contributed by atoms with E-state index >= 15 is 0 Å². The highest BCUT2D eigenvalue weighted by Crippen LogP contribution is 2.10. The summed E-state index contributed by atoms with van der Waals surface area (Å²) >= 11 is 0.